The minimum Gasteiger partial charge on any atom is -0.466 e. The first-order valence-electron chi connectivity index (χ1n) is 5.86. The maximum atomic E-state index is 11.1. The van der Waals surface area contributed by atoms with Crippen LogP contribution < -0.4 is 5.32 Å². The highest BCUT2D eigenvalue weighted by atomic mass is 32.2. The maximum absolute atomic E-state index is 11.1. The molecule has 0 aromatic carbocycles. The van der Waals surface area contributed by atoms with Gasteiger partial charge >= 0.3 is 5.97 Å². The molecule has 1 aliphatic rings. The number of ether oxygens (including phenoxy) is 1. The predicted octanol–water partition coefficient (Wildman–Crippen LogP) is 1.80. The Morgan fingerprint density at radius 3 is 3.06 bits per heavy atom. The van der Waals surface area contributed by atoms with E-state index in [1.165, 1.54) is 0 Å². The summed E-state index contributed by atoms with van der Waals surface area (Å²) in [6, 6.07) is 0. The summed E-state index contributed by atoms with van der Waals surface area (Å²) < 4.78 is 4.85. The molecule has 0 bridgehead atoms. The molecule has 0 saturated carbocycles. The second-order valence-electron chi connectivity index (χ2n) is 3.63. The second kappa shape index (κ2) is 7.54. The molecule has 4 nitrogen and oxygen atoms in total. The van der Waals surface area contributed by atoms with E-state index in [0.717, 1.165) is 31.1 Å². The van der Waals surface area contributed by atoms with Gasteiger partial charge in [0.25, 0.3) is 0 Å². The summed E-state index contributed by atoms with van der Waals surface area (Å²) in [6.07, 6.45) is 2.44. The van der Waals surface area contributed by atoms with Gasteiger partial charge < -0.3 is 10.1 Å². The van der Waals surface area contributed by atoms with Crippen LogP contribution in [0.1, 0.15) is 33.1 Å². The third-order valence-electron chi connectivity index (χ3n) is 2.31. The molecule has 1 heterocycles. The van der Waals surface area contributed by atoms with Gasteiger partial charge in [-0.2, -0.15) is 0 Å². The first-order chi connectivity index (χ1) is 7.76. The summed E-state index contributed by atoms with van der Waals surface area (Å²) in [5.41, 5.74) is 0. The van der Waals surface area contributed by atoms with Gasteiger partial charge in [-0.05, 0) is 19.8 Å². The molecule has 0 aliphatic carbocycles. The average Bonchev–Trinajstić information content (AvgIpc) is 2.73. The average molecular weight is 244 g/mol. The van der Waals surface area contributed by atoms with Crippen molar-refractivity contribution in [2.24, 2.45) is 4.99 Å². The Kier molecular flexibility index (Phi) is 6.30. The Bertz CT molecular complexity index is 256. The molecule has 1 N–H and O–H groups in total. The topological polar surface area (TPSA) is 50.7 Å². The standard InChI is InChI=1S/C11H20N2O2S/c1-3-9-8-13-11(16-9)12-7-5-6-10(14)15-4-2/h9H,3-8H2,1-2H3,(H,12,13). The highest BCUT2D eigenvalue weighted by Gasteiger charge is 2.16. The summed E-state index contributed by atoms with van der Waals surface area (Å²) in [5.74, 6) is -0.114. The molecule has 0 spiro atoms. The van der Waals surface area contributed by atoms with Gasteiger partial charge in [0, 0.05) is 18.2 Å². The molecule has 0 aromatic rings. The summed E-state index contributed by atoms with van der Waals surface area (Å²) in [7, 11) is 0. The number of amidine groups is 1. The highest BCUT2D eigenvalue weighted by Crippen LogP contribution is 2.21. The van der Waals surface area contributed by atoms with Crippen LogP contribution in [0.5, 0.6) is 0 Å². The van der Waals surface area contributed by atoms with Crippen LogP contribution >= 0.6 is 11.8 Å². The fourth-order valence-electron chi connectivity index (χ4n) is 1.39. The zero-order chi connectivity index (χ0) is 11.8. The van der Waals surface area contributed by atoms with Crippen LogP contribution in [-0.2, 0) is 9.53 Å². The summed E-state index contributed by atoms with van der Waals surface area (Å²) in [6.45, 7) is 6.18. The Morgan fingerprint density at radius 2 is 2.44 bits per heavy atom. The molecule has 0 amide bonds. The van der Waals surface area contributed by atoms with E-state index in [2.05, 4.69) is 17.2 Å². The van der Waals surface area contributed by atoms with Crippen LogP contribution in [0.25, 0.3) is 0 Å². The number of thioether (sulfide) groups is 1. The molecule has 1 rings (SSSR count). The number of esters is 1. The van der Waals surface area contributed by atoms with Crippen molar-refractivity contribution in [2.45, 2.75) is 38.4 Å². The van der Waals surface area contributed by atoms with Gasteiger partial charge in [-0.3, -0.25) is 9.79 Å². The van der Waals surface area contributed by atoms with Crippen molar-refractivity contribution in [1.82, 2.24) is 5.32 Å². The molecule has 92 valence electrons. The smallest absolute Gasteiger partial charge is 0.305 e. The number of nitrogens with one attached hydrogen (secondary N) is 1. The quantitative estimate of drug-likeness (QED) is 0.572. The Morgan fingerprint density at radius 1 is 1.62 bits per heavy atom. The van der Waals surface area contributed by atoms with Gasteiger partial charge in [0.15, 0.2) is 5.17 Å². The van der Waals surface area contributed by atoms with Crippen molar-refractivity contribution >= 4 is 22.9 Å². The van der Waals surface area contributed by atoms with Crippen LogP contribution in [-0.4, -0.2) is 36.1 Å². The molecule has 0 fully saturated rings. The Balaban J connectivity index is 2.02. The first-order valence-corrected chi connectivity index (χ1v) is 6.74. The van der Waals surface area contributed by atoms with Crippen molar-refractivity contribution in [2.75, 3.05) is 19.7 Å². The van der Waals surface area contributed by atoms with Gasteiger partial charge in [0.2, 0.25) is 0 Å². The lowest BCUT2D eigenvalue weighted by molar-refractivity contribution is -0.143. The van der Waals surface area contributed by atoms with Crippen LogP contribution in [0.15, 0.2) is 4.99 Å². The van der Waals surface area contributed by atoms with Gasteiger partial charge in [-0.15, -0.1) is 0 Å². The zero-order valence-corrected chi connectivity index (χ0v) is 10.8. The number of hydrogen-bond donors (Lipinski definition) is 1. The summed E-state index contributed by atoms with van der Waals surface area (Å²) in [4.78, 5) is 15.4. The van der Waals surface area contributed by atoms with E-state index in [-0.39, 0.29) is 5.97 Å². The van der Waals surface area contributed by atoms with Gasteiger partial charge in [0.05, 0.1) is 13.2 Å². The van der Waals surface area contributed by atoms with Gasteiger partial charge in [-0.1, -0.05) is 18.7 Å². The third-order valence-corrected chi connectivity index (χ3v) is 3.62. The van der Waals surface area contributed by atoms with Crippen LogP contribution in [0.4, 0.5) is 0 Å². The number of rotatable bonds is 6. The molecule has 16 heavy (non-hydrogen) atoms. The predicted molar refractivity (Wildman–Crippen MR) is 67.8 cm³/mol. The largest absolute Gasteiger partial charge is 0.466 e. The van der Waals surface area contributed by atoms with E-state index in [0.29, 0.717) is 18.3 Å². The molecular formula is C11H20N2O2S. The fraction of sp³-hybridized carbons (Fsp3) is 0.818. The Hall–Kier alpha value is -0.710. The zero-order valence-electron chi connectivity index (χ0n) is 9.99. The van der Waals surface area contributed by atoms with Crippen molar-refractivity contribution in [3.8, 4) is 0 Å². The van der Waals surface area contributed by atoms with Gasteiger partial charge in [-0.25, -0.2) is 0 Å². The van der Waals surface area contributed by atoms with Gasteiger partial charge in [0.1, 0.15) is 0 Å². The number of carbonyl (C=O) groups excluding carboxylic acids is 1. The minimum absolute atomic E-state index is 0.114. The highest BCUT2D eigenvalue weighted by molar-refractivity contribution is 8.14. The lowest BCUT2D eigenvalue weighted by atomic mass is 10.3. The molecule has 0 radical (unpaired) electrons. The van der Waals surface area contributed by atoms with Crippen molar-refractivity contribution in [3.63, 3.8) is 0 Å². The number of nitrogens with zero attached hydrogens (tertiary/aromatic N) is 1. The lowest BCUT2D eigenvalue weighted by Crippen LogP contribution is -2.21. The number of aliphatic imine (C=N–C) groups is 1. The van der Waals surface area contributed by atoms with Crippen LogP contribution in [0, 0.1) is 0 Å². The van der Waals surface area contributed by atoms with E-state index < -0.39 is 0 Å². The SMILES string of the molecule is CCOC(=O)CCCNC1=NCC(CC)S1. The van der Waals surface area contributed by atoms with Crippen molar-refractivity contribution in [3.05, 3.63) is 0 Å². The van der Waals surface area contributed by atoms with Crippen LogP contribution in [0.3, 0.4) is 0 Å². The van der Waals surface area contributed by atoms with E-state index in [1.807, 2.05) is 6.92 Å². The maximum Gasteiger partial charge on any atom is 0.305 e. The van der Waals surface area contributed by atoms with E-state index in [1.54, 1.807) is 11.8 Å². The fourth-order valence-corrected chi connectivity index (χ4v) is 2.35. The molecule has 1 atom stereocenters. The minimum atomic E-state index is -0.114. The van der Waals surface area contributed by atoms with Crippen molar-refractivity contribution < 1.29 is 9.53 Å². The second-order valence-corrected chi connectivity index (χ2v) is 4.92. The molecule has 0 aromatic heterocycles. The normalized spacial score (nSPS) is 19.4. The lowest BCUT2D eigenvalue weighted by Gasteiger charge is -2.06. The number of hydrogen-bond acceptors (Lipinski definition) is 5. The third kappa shape index (κ3) is 4.88. The van der Waals surface area contributed by atoms with E-state index in [4.69, 9.17) is 4.74 Å². The molecule has 5 heteroatoms. The van der Waals surface area contributed by atoms with Crippen LogP contribution in [0.2, 0.25) is 0 Å². The van der Waals surface area contributed by atoms with Crippen molar-refractivity contribution in [1.29, 1.82) is 0 Å². The molecule has 0 saturated heterocycles. The first kappa shape index (κ1) is 13.4. The summed E-state index contributed by atoms with van der Waals surface area (Å²) >= 11 is 1.80. The molecule has 1 aliphatic heterocycles. The monoisotopic (exact) mass is 244 g/mol. The molecule has 1 unspecified atom stereocenters. The number of carbonyl (C=O) groups is 1. The summed E-state index contributed by atoms with van der Waals surface area (Å²) in [5, 5.41) is 4.90. The van der Waals surface area contributed by atoms with E-state index in [9.17, 15) is 4.79 Å². The Labute approximate surface area is 101 Å². The molecular weight excluding hydrogens is 224 g/mol. The van der Waals surface area contributed by atoms with E-state index >= 15 is 0 Å².